The number of halogens is 3. The van der Waals surface area contributed by atoms with Crippen molar-refractivity contribution in [3.8, 4) is 0 Å². The first-order valence-corrected chi connectivity index (χ1v) is 6.96. The third-order valence-corrected chi connectivity index (χ3v) is 4.18. The minimum atomic E-state index is -0.414. The van der Waals surface area contributed by atoms with E-state index in [4.69, 9.17) is 29.0 Å². The number of hydrogen-bond donors (Lipinski definition) is 3. The zero-order valence-electron chi connectivity index (χ0n) is 9.95. The Kier molecular flexibility index (Phi) is 4.82. The lowest BCUT2D eigenvalue weighted by Gasteiger charge is -2.09. The van der Waals surface area contributed by atoms with Crippen LogP contribution in [0.3, 0.4) is 0 Å². The number of benzene rings is 1. The molecule has 2 rings (SSSR count). The number of pyridine rings is 1. The number of aromatic nitrogens is 1. The number of nitrogens with one attached hydrogen (secondary N) is 2. The minimum Gasteiger partial charge on any atom is -0.319 e. The van der Waals surface area contributed by atoms with E-state index in [-0.39, 0.29) is 10.7 Å². The van der Waals surface area contributed by atoms with Crippen molar-refractivity contribution in [1.82, 2.24) is 4.98 Å². The van der Waals surface area contributed by atoms with Crippen molar-refractivity contribution in [1.29, 1.82) is 0 Å². The van der Waals surface area contributed by atoms with Crippen LogP contribution in [0.15, 0.2) is 34.8 Å². The highest BCUT2D eigenvalue weighted by atomic mass is 79.9. The van der Waals surface area contributed by atoms with Gasteiger partial charge >= 0.3 is 0 Å². The molecule has 0 radical (unpaired) electrons. The van der Waals surface area contributed by atoms with Crippen molar-refractivity contribution < 1.29 is 4.79 Å². The summed E-state index contributed by atoms with van der Waals surface area (Å²) >= 11 is 15.3. The molecule has 5 nitrogen and oxygen atoms in total. The van der Waals surface area contributed by atoms with Crippen LogP contribution in [-0.2, 0) is 0 Å². The van der Waals surface area contributed by atoms with Gasteiger partial charge in [-0.2, -0.15) is 0 Å². The Labute approximate surface area is 133 Å². The van der Waals surface area contributed by atoms with Crippen LogP contribution in [-0.4, -0.2) is 10.9 Å². The predicted molar refractivity (Wildman–Crippen MR) is 84.2 cm³/mol. The molecule has 1 aromatic heterocycles. The van der Waals surface area contributed by atoms with E-state index < -0.39 is 5.91 Å². The Morgan fingerprint density at radius 1 is 1.20 bits per heavy atom. The molecule has 2 aromatic rings. The van der Waals surface area contributed by atoms with Crippen molar-refractivity contribution in [2.45, 2.75) is 0 Å². The summed E-state index contributed by atoms with van der Waals surface area (Å²) < 4.78 is 0.648. The van der Waals surface area contributed by atoms with Crippen molar-refractivity contribution in [2.75, 3.05) is 10.7 Å². The molecule has 0 aliphatic rings. The lowest BCUT2D eigenvalue weighted by molar-refractivity contribution is 0.102. The highest BCUT2D eigenvalue weighted by Crippen LogP contribution is 2.35. The Balaban J connectivity index is 2.25. The van der Waals surface area contributed by atoms with Crippen molar-refractivity contribution in [3.05, 3.63) is 50.5 Å². The van der Waals surface area contributed by atoms with E-state index in [1.807, 2.05) is 0 Å². The SMILES string of the molecule is NNc1cccc(C(=O)Nc2ccc(Br)c(Cl)c2Cl)n1. The Bertz CT molecular complexity index is 666. The molecule has 0 aliphatic carbocycles. The molecule has 0 spiro atoms. The number of nitrogens with zero attached hydrogens (tertiary/aromatic N) is 1. The lowest BCUT2D eigenvalue weighted by atomic mass is 10.3. The van der Waals surface area contributed by atoms with Gasteiger partial charge < -0.3 is 10.7 Å². The first-order valence-electron chi connectivity index (χ1n) is 5.41. The summed E-state index contributed by atoms with van der Waals surface area (Å²) in [5, 5.41) is 3.22. The Hall–Kier alpha value is -1.34. The number of hydrazine groups is 1. The summed E-state index contributed by atoms with van der Waals surface area (Å²) in [6.07, 6.45) is 0. The van der Waals surface area contributed by atoms with Crippen LogP contribution in [0, 0.1) is 0 Å². The zero-order valence-corrected chi connectivity index (χ0v) is 13.1. The summed E-state index contributed by atoms with van der Waals surface area (Å²) in [4.78, 5) is 16.1. The minimum absolute atomic E-state index is 0.204. The van der Waals surface area contributed by atoms with Gasteiger partial charge in [-0.15, -0.1) is 0 Å². The summed E-state index contributed by atoms with van der Waals surface area (Å²) in [7, 11) is 0. The Morgan fingerprint density at radius 2 is 1.95 bits per heavy atom. The molecule has 4 N–H and O–H groups in total. The van der Waals surface area contributed by atoms with Gasteiger partial charge in [0.15, 0.2) is 0 Å². The quantitative estimate of drug-likeness (QED) is 0.434. The first kappa shape index (κ1) is 15.1. The number of rotatable bonds is 3. The second-order valence-corrected chi connectivity index (χ2v) is 5.34. The van der Waals surface area contributed by atoms with Crippen LogP contribution in [0.25, 0.3) is 0 Å². The zero-order chi connectivity index (χ0) is 14.7. The molecule has 104 valence electrons. The fourth-order valence-electron chi connectivity index (χ4n) is 1.45. The molecule has 1 heterocycles. The molecule has 0 saturated heterocycles. The highest BCUT2D eigenvalue weighted by molar-refractivity contribution is 9.10. The van der Waals surface area contributed by atoms with Crippen LogP contribution in [0.4, 0.5) is 11.5 Å². The van der Waals surface area contributed by atoms with Crippen molar-refractivity contribution in [2.24, 2.45) is 5.84 Å². The van der Waals surface area contributed by atoms with Gasteiger partial charge in [0.25, 0.3) is 5.91 Å². The molecule has 1 amide bonds. The Morgan fingerprint density at radius 3 is 2.65 bits per heavy atom. The van der Waals surface area contributed by atoms with E-state index in [1.165, 1.54) is 0 Å². The van der Waals surface area contributed by atoms with Gasteiger partial charge in [0.05, 0.1) is 15.7 Å². The number of amides is 1. The molecule has 8 heteroatoms. The number of nitrogen functional groups attached to an aromatic ring is 1. The normalized spacial score (nSPS) is 10.2. The molecule has 0 atom stereocenters. The van der Waals surface area contributed by atoms with Gasteiger partial charge in [0.2, 0.25) is 0 Å². The van der Waals surface area contributed by atoms with Crippen LogP contribution < -0.4 is 16.6 Å². The third-order valence-electron chi connectivity index (χ3n) is 2.41. The fourth-order valence-corrected chi connectivity index (χ4v) is 2.27. The van der Waals surface area contributed by atoms with Gasteiger partial charge in [-0.25, -0.2) is 10.8 Å². The van der Waals surface area contributed by atoms with Crippen molar-refractivity contribution in [3.63, 3.8) is 0 Å². The lowest BCUT2D eigenvalue weighted by Crippen LogP contribution is -2.16. The molecule has 1 aromatic carbocycles. The maximum absolute atomic E-state index is 12.1. The number of carbonyl (C=O) groups is 1. The molecular weight excluding hydrogens is 367 g/mol. The highest BCUT2D eigenvalue weighted by Gasteiger charge is 2.13. The summed E-state index contributed by atoms with van der Waals surface area (Å²) in [5.41, 5.74) is 2.97. The van der Waals surface area contributed by atoms with Crippen LogP contribution in [0.1, 0.15) is 10.5 Å². The van der Waals surface area contributed by atoms with E-state index >= 15 is 0 Å². The van der Waals surface area contributed by atoms with Crippen LogP contribution in [0.5, 0.6) is 0 Å². The third kappa shape index (κ3) is 3.21. The van der Waals surface area contributed by atoms with E-state index in [1.54, 1.807) is 30.3 Å². The molecule has 0 saturated carbocycles. The standard InChI is InChI=1S/C12H9BrCl2N4O/c13-6-4-5-7(11(15)10(6)14)18-12(20)8-2-1-3-9(17-8)19-16/h1-5H,16H2,(H,17,19)(H,18,20). The summed E-state index contributed by atoms with van der Waals surface area (Å²) in [6, 6.07) is 8.19. The molecule has 0 unspecified atom stereocenters. The fraction of sp³-hybridized carbons (Fsp3) is 0. The first-order chi connectivity index (χ1) is 9.52. The monoisotopic (exact) mass is 374 g/mol. The molecule has 0 aliphatic heterocycles. The van der Waals surface area contributed by atoms with E-state index in [2.05, 4.69) is 31.7 Å². The number of hydrogen-bond acceptors (Lipinski definition) is 4. The largest absolute Gasteiger partial charge is 0.319 e. The number of anilines is 2. The van der Waals surface area contributed by atoms with Gasteiger partial charge in [0.1, 0.15) is 11.5 Å². The van der Waals surface area contributed by atoms with E-state index in [9.17, 15) is 4.79 Å². The summed E-state index contributed by atoms with van der Waals surface area (Å²) in [5.74, 6) is 5.22. The average Bonchev–Trinajstić information content (AvgIpc) is 2.48. The second-order valence-electron chi connectivity index (χ2n) is 3.73. The van der Waals surface area contributed by atoms with E-state index in [0.29, 0.717) is 21.0 Å². The van der Waals surface area contributed by atoms with Crippen molar-refractivity contribution >= 4 is 56.5 Å². The van der Waals surface area contributed by atoms with Gasteiger partial charge in [-0.3, -0.25) is 4.79 Å². The molecule has 20 heavy (non-hydrogen) atoms. The molecular formula is C12H9BrCl2N4O. The molecule has 0 bridgehead atoms. The average molecular weight is 376 g/mol. The maximum atomic E-state index is 12.1. The maximum Gasteiger partial charge on any atom is 0.274 e. The summed E-state index contributed by atoms with van der Waals surface area (Å²) in [6.45, 7) is 0. The number of nitrogens with two attached hydrogens (primary N) is 1. The van der Waals surface area contributed by atoms with E-state index in [0.717, 1.165) is 0 Å². The topological polar surface area (TPSA) is 80.0 Å². The second kappa shape index (κ2) is 6.41. The van der Waals surface area contributed by atoms with Crippen LogP contribution in [0.2, 0.25) is 10.0 Å². The van der Waals surface area contributed by atoms with Gasteiger partial charge in [-0.1, -0.05) is 29.3 Å². The van der Waals surface area contributed by atoms with Gasteiger partial charge in [-0.05, 0) is 40.2 Å². The number of carbonyl (C=O) groups excluding carboxylic acids is 1. The molecule has 0 fully saturated rings. The van der Waals surface area contributed by atoms with Crippen LogP contribution >= 0.6 is 39.1 Å². The van der Waals surface area contributed by atoms with Gasteiger partial charge in [0, 0.05) is 4.47 Å². The smallest absolute Gasteiger partial charge is 0.274 e. The predicted octanol–water partition coefficient (Wildman–Crippen LogP) is 3.69.